The van der Waals surface area contributed by atoms with Crippen molar-refractivity contribution in [3.8, 4) is 11.5 Å². The van der Waals surface area contributed by atoms with Gasteiger partial charge in [-0.3, -0.25) is 15.1 Å². The van der Waals surface area contributed by atoms with E-state index in [0.29, 0.717) is 24.6 Å². The maximum atomic E-state index is 11.6. The standard InChI is InChI=1S/C18H16N6O4/c25-24(26)16-17(20-8-12-3-4-14-15(6-12)28-11-27-14)22-10-23-18(16)21-9-13-2-1-5-19-7-13/h1-7,10H,8-9,11H2,(H2,20,21,22,23). The van der Waals surface area contributed by atoms with Crippen LogP contribution in [0, 0.1) is 10.1 Å². The molecule has 1 aliphatic rings. The van der Waals surface area contributed by atoms with Gasteiger partial charge in [0.2, 0.25) is 18.4 Å². The molecule has 0 amide bonds. The lowest BCUT2D eigenvalue weighted by molar-refractivity contribution is -0.383. The first kappa shape index (κ1) is 17.5. The van der Waals surface area contributed by atoms with Crippen LogP contribution in [-0.4, -0.2) is 26.7 Å². The Bertz CT molecular complexity index is 999. The summed E-state index contributed by atoms with van der Waals surface area (Å²) in [4.78, 5) is 23.2. The van der Waals surface area contributed by atoms with E-state index in [1.165, 1.54) is 6.33 Å². The molecule has 0 unspecified atom stereocenters. The average Bonchev–Trinajstić information content (AvgIpc) is 3.19. The Labute approximate surface area is 159 Å². The molecule has 0 bridgehead atoms. The zero-order valence-electron chi connectivity index (χ0n) is 14.7. The van der Waals surface area contributed by atoms with E-state index in [2.05, 4.69) is 25.6 Å². The first-order valence-corrected chi connectivity index (χ1v) is 8.45. The van der Waals surface area contributed by atoms with Gasteiger partial charge in [0.15, 0.2) is 11.5 Å². The highest BCUT2D eigenvalue weighted by molar-refractivity contribution is 5.69. The molecule has 0 aliphatic carbocycles. The number of nitrogens with one attached hydrogen (secondary N) is 2. The fourth-order valence-electron chi connectivity index (χ4n) is 2.74. The number of nitro groups is 1. The minimum absolute atomic E-state index is 0.131. The van der Waals surface area contributed by atoms with E-state index in [9.17, 15) is 10.1 Å². The van der Waals surface area contributed by atoms with Crippen molar-refractivity contribution in [1.82, 2.24) is 15.0 Å². The predicted octanol–water partition coefficient (Wildman–Crippen LogP) is 2.73. The Morgan fingerprint density at radius 1 is 1.04 bits per heavy atom. The Morgan fingerprint density at radius 3 is 2.50 bits per heavy atom. The summed E-state index contributed by atoms with van der Waals surface area (Å²) in [6, 6.07) is 9.14. The molecule has 1 aliphatic heterocycles. The summed E-state index contributed by atoms with van der Waals surface area (Å²) in [6.45, 7) is 0.874. The van der Waals surface area contributed by atoms with Gasteiger partial charge in [0.1, 0.15) is 6.33 Å². The van der Waals surface area contributed by atoms with Gasteiger partial charge in [-0.25, -0.2) is 9.97 Å². The molecule has 3 aromatic rings. The van der Waals surface area contributed by atoms with Crippen molar-refractivity contribution in [1.29, 1.82) is 0 Å². The van der Waals surface area contributed by atoms with E-state index in [4.69, 9.17) is 9.47 Å². The molecule has 28 heavy (non-hydrogen) atoms. The largest absolute Gasteiger partial charge is 0.454 e. The number of aromatic nitrogens is 3. The molecule has 2 aromatic heterocycles. The Morgan fingerprint density at radius 2 is 1.79 bits per heavy atom. The van der Waals surface area contributed by atoms with Crippen LogP contribution in [0.3, 0.4) is 0 Å². The van der Waals surface area contributed by atoms with Crippen molar-refractivity contribution in [2.75, 3.05) is 17.4 Å². The molecular weight excluding hydrogens is 364 g/mol. The van der Waals surface area contributed by atoms with Crippen molar-refractivity contribution in [2.45, 2.75) is 13.1 Å². The number of anilines is 2. The number of hydrogen-bond donors (Lipinski definition) is 2. The lowest BCUT2D eigenvalue weighted by atomic mass is 10.2. The van der Waals surface area contributed by atoms with Crippen LogP contribution >= 0.6 is 0 Å². The van der Waals surface area contributed by atoms with Gasteiger partial charge in [-0.2, -0.15) is 0 Å². The van der Waals surface area contributed by atoms with Crippen molar-refractivity contribution < 1.29 is 14.4 Å². The van der Waals surface area contributed by atoms with Gasteiger partial charge in [-0.1, -0.05) is 12.1 Å². The summed E-state index contributed by atoms with van der Waals surface area (Å²) in [5.74, 6) is 1.59. The monoisotopic (exact) mass is 380 g/mol. The highest BCUT2D eigenvalue weighted by Gasteiger charge is 2.23. The van der Waals surface area contributed by atoms with Gasteiger partial charge in [-0.05, 0) is 29.3 Å². The summed E-state index contributed by atoms with van der Waals surface area (Å²) in [5, 5.41) is 17.6. The van der Waals surface area contributed by atoms with Crippen LogP contribution in [-0.2, 0) is 13.1 Å². The molecule has 0 fully saturated rings. The molecule has 4 rings (SSSR count). The van der Waals surface area contributed by atoms with Crippen LogP contribution in [0.15, 0.2) is 49.1 Å². The van der Waals surface area contributed by atoms with Gasteiger partial charge in [0.25, 0.3) is 0 Å². The third-order valence-electron chi connectivity index (χ3n) is 4.08. The fraction of sp³-hybridized carbons (Fsp3) is 0.167. The lowest BCUT2D eigenvalue weighted by Crippen LogP contribution is -2.10. The summed E-state index contributed by atoms with van der Waals surface area (Å²) >= 11 is 0. The summed E-state index contributed by atoms with van der Waals surface area (Å²) in [5.41, 5.74) is 1.54. The summed E-state index contributed by atoms with van der Waals surface area (Å²) in [6.07, 6.45) is 4.62. The van der Waals surface area contributed by atoms with Crippen LogP contribution in [0.1, 0.15) is 11.1 Å². The van der Waals surface area contributed by atoms with Crippen molar-refractivity contribution >= 4 is 17.3 Å². The van der Waals surface area contributed by atoms with E-state index in [-0.39, 0.29) is 24.1 Å². The molecular formula is C18H16N6O4. The Hall–Kier alpha value is -3.95. The maximum Gasteiger partial charge on any atom is 0.353 e. The normalized spacial score (nSPS) is 11.9. The molecule has 10 nitrogen and oxygen atoms in total. The van der Waals surface area contributed by atoms with Crippen LogP contribution in [0.25, 0.3) is 0 Å². The summed E-state index contributed by atoms with van der Waals surface area (Å²) < 4.78 is 10.6. The Kier molecular flexibility index (Phi) is 4.83. The third-order valence-corrected chi connectivity index (χ3v) is 4.08. The van der Waals surface area contributed by atoms with Crippen molar-refractivity contribution in [2.24, 2.45) is 0 Å². The average molecular weight is 380 g/mol. The number of ether oxygens (including phenoxy) is 2. The topological polar surface area (TPSA) is 124 Å². The van der Waals surface area contributed by atoms with Gasteiger partial charge in [0.05, 0.1) is 4.92 Å². The highest BCUT2D eigenvalue weighted by atomic mass is 16.7. The van der Waals surface area contributed by atoms with Gasteiger partial charge in [-0.15, -0.1) is 0 Å². The van der Waals surface area contributed by atoms with E-state index in [1.807, 2.05) is 18.2 Å². The maximum absolute atomic E-state index is 11.6. The minimum Gasteiger partial charge on any atom is -0.454 e. The van der Waals surface area contributed by atoms with Gasteiger partial charge in [0, 0.05) is 25.5 Å². The molecule has 142 valence electrons. The Balaban J connectivity index is 1.51. The molecule has 0 radical (unpaired) electrons. The molecule has 0 saturated heterocycles. The van der Waals surface area contributed by atoms with Crippen LogP contribution in [0.4, 0.5) is 17.3 Å². The van der Waals surface area contributed by atoms with Crippen molar-refractivity contribution in [3.05, 3.63) is 70.3 Å². The van der Waals surface area contributed by atoms with E-state index in [1.54, 1.807) is 24.5 Å². The second-order valence-electron chi connectivity index (χ2n) is 5.93. The zero-order chi connectivity index (χ0) is 19.3. The second-order valence-corrected chi connectivity index (χ2v) is 5.93. The minimum atomic E-state index is -0.506. The van der Waals surface area contributed by atoms with Crippen LogP contribution in [0.5, 0.6) is 11.5 Å². The fourth-order valence-corrected chi connectivity index (χ4v) is 2.74. The molecule has 0 spiro atoms. The smallest absolute Gasteiger partial charge is 0.353 e. The first-order valence-electron chi connectivity index (χ1n) is 8.45. The predicted molar refractivity (Wildman–Crippen MR) is 100 cm³/mol. The zero-order valence-corrected chi connectivity index (χ0v) is 14.7. The molecule has 3 heterocycles. The van der Waals surface area contributed by atoms with Gasteiger partial charge >= 0.3 is 5.69 Å². The molecule has 2 N–H and O–H groups in total. The first-order chi connectivity index (χ1) is 13.7. The highest BCUT2D eigenvalue weighted by Crippen LogP contribution is 2.33. The molecule has 0 atom stereocenters. The number of benzene rings is 1. The van der Waals surface area contributed by atoms with Crippen LogP contribution in [0.2, 0.25) is 0 Å². The SMILES string of the molecule is O=[N+]([O-])c1c(NCc2cccnc2)ncnc1NCc1ccc2c(c1)OCO2. The van der Waals surface area contributed by atoms with Crippen LogP contribution < -0.4 is 20.1 Å². The van der Waals surface area contributed by atoms with E-state index >= 15 is 0 Å². The van der Waals surface area contributed by atoms with E-state index in [0.717, 1.165) is 11.1 Å². The third kappa shape index (κ3) is 3.75. The lowest BCUT2D eigenvalue weighted by Gasteiger charge is -2.10. The number of fused-ring (bicyclic) bond motifs is 1. The molecule has 10 heteroatoms. The molecule has 0 saturated carbocycles. The molecule has 1 aromatic carbocycles. The summed E-state index contributed by atoms with van der Waals surface area (Å²) in [7, 11) is 0. The quantitative estimate of drug-likeness (QED) is 0.470. The van der Waals surface area contributed by atoms with Gasteiger partial charge < -0.3 is 20.1 Å². The van der Waals surface area contributed by atoms with E-state index < -0.39 is 4.92 Å². The number of rotatable bonds is 7. The van der Waals surface area contributed by atoms with Crippen molar-refractivity contribution in [3.63, 3.8) is 0 Å². The number of pyridine rings is 1. The second kappa shape index (κ2) is 7.74. The number of hydrogen-bond acceptors (Lipinski definition) is 9. The number of nitrogens with zero attached hydrogens (tertiary/aromatic N) is 4.